The Labute approximate surface area is 125 Å². The molecule has 2 atom stereocenters. The Kier molecular flexibility index (Phi) is 4.05. The van der Waals surface area contributed by atoms with Crippen molar-refractivity contribution in [3.63, 3.8) is 0 Å². The lowest BCUT2D eigenvalue weighted by Gasteiger charge is -2.30. The molecule has 1 aliphatic heterocycles. The molecular formula is C15H23N5O. The van der Waals surface area contributed by atoms with Crippen LogP contribution in [-0.4, -0.2) is 38.2 Å². The van der Waals surface area contributed by atoms with Gasteiger partial charge in [0.1, 0.15) is 5.82 Å². The van der Waals surface area contributed by atoms with E-state index in [1.165, 1.54) is 12.2 Å². The van der Waals surface area contributed by atoms with Gasteiger partial charge in [0, 0.05) is 38.3 Å². The molecule has 6 nitrogen and oxygen atoms in total. The second kappa shape index (κ2) is 5.97. The van der Waals surface area contributed by atoms with Crippen LogP contribution < -0.4 is 0 Å². The zero-order valence-corrected chi connectivity index (χ0v) is 13.0. The predicted molar refractivity (Wildman–Crippen MR) is 78.8 cm³/mol. The summed E-state index contributed by atoms with van der Waals surface area (Å²) in [6.45, 7) is 6.24. The van der Waals surface area contributed by atoms with Crippen molar-refractivity contribution in [3.8, 4) is 0 Å². The van der Waals surface area contributed by atoms with Crippen LogP contribution in [-0.2, 0) is 19.4 Å². The van der Waals surface area contributed by atoms with E-state index in [0.29, 0.717) is 11.8 Å². The van der Waals surface area contributed by atoms with Crippen molar-refractivity contribution < 1.29 is 4.52 Å². The van der Waals surface area contributed by atoms with Gasteiger partial charge in [0.25, 0.3) is 0 Å². The highest BCUT2D eigenvalue weighted by atomic mass is 16.5. The van der Waals surface area contributed by atoms with Gasteiger partial charge < -0.3 is 9.09 Å². The van der Waals surface area contributed by atoms with Gasteiger partial charge in [0.05, 0.1) is 6.04 Å². The Balaban J connectivity index is 1.60. The second-order valence-electron chi connectivity index (χ2n) is 5.92. The van der Waals surface area contributed by atoms with Crippen LogP contribution in [0.5, 0.6) is 0 Å². The van der Waals surface area contributed by atoms with Crippen LogP contribution >= 0.6 is 0 Å². The van der Waals surface area contributed by atoms with Gasteiger partial charge >= 0.3 is 0 Å². The summed E-state index contributed by atoms with van der Waals surface area (Å²) in [7, 11) is 2.13. The minimum Gasteiger partial charge on any atom is -0.338 e. The summed E-state index contributed by atoms with van der Waals surface area (Å²) in [6, 6.07) is 0.155. The van der Waals surface area contributed by atoms with Crippen molar-refractivity contribution in [1.29, 1.82) is 0 Å². The summed E-state index contributed by atoms with van der Waals surface area (Å²) >= 11 is 0. The third-order valence-electron chi connectivity index (χ3n) is 4.40. The van der Waals surface area contributed by atoms with Crippen LogP contribution in [0.1, 0.15) is 43.8 Å². The summed E-state index contributed by atoms with van der Waals surface area (Å²) in [5.74, 6) is 3.36. The summed E-state index contributed by atoms with van der Waals surface area (Å²) in [5.41, 5.74) is 0. The molecule has 2 aromatic heterocycles. The number of hydrogen-bond acceptors (Lipinski definition) is 5. The Morgan fingerprint density at radius 3 is 3.14 bits per heavy atom. The molecule has 3 rings (SSSR count). The minimum absolute atomic E-state index is 0.155. The number of aryl methyl sites for hydroxylation is 2. The summed E-state index contributed by atoms with van der Waals surface area (Å²) in [4.78, 5) is 11.1. The fourth-order valence-electron chi connectivity index (χ4n) is 2.92. The van der Waals surface area contributed by atoms with Gasteiger partial charge in [-0.1, -0.05) is 12.1 Å². The molecule has 0 saturated heterocycles. The largest absolute Gasteiger partial charge is 0.338 e. The summed E-state index contributed by atoms with van der Waals surface area (Å²) in [6.07, 6.45) is 7.05. The number of rotatable bonds is 5. The molecule has 0 amide bonds. The average molecular weight is 289 g/mol. The molecule has 0 radical (unpaired) electrons. The predicted octanol–water partition coefficient (Wildman–Crippen LogP) is 2.08. The number of aromatic nitrogens is 4. The minimum atomic E-state index is 0.155. The molecular weight excluding hydrogens is 266 g/mol. The molecule has 0 aromatic carbocycles. The first-order chi connectivity index (χ1) is 10.2. The van der Waals surface area contributed by atoms with E-state index >= 15 is 0 Å². The molecule has 3 heterocycles. The maximum Gasteiger partial charge on any atom is 0.243 e. The number of fused-ring (bicyclic) bond motifs is 1. The average Bonchev–Trinajstić information content (AvgIpc) is 3.14. The molecule has 2 unspecified atom stereocenters. The molecule has 6 heteroatoms. The second-order valence-corrected chi connectivity index (χ2v) is 5.92. The van der Waals surface area contributed by atoms with E-state index in [2.05, 4.69) is 44.8 Å². The van der Waals surface area contributed by atoms with Gasteiger partial charge in [0.2, 0.25) is 5.89 Å². The quantitative estimate of drug-likeness (QED) is 0.843. The van der Waals surface area contributed by atoms with Crippen molar-refractivity contribution in [2.75, 3.05) is 13.6 Å². The third-order valence-corrected chi connectivity index (χ3v) is 4.40. The van der Waals surface area contributed by atoms with Crippen LogP contribution in [0.4, 0.5) is 0 Å². The first-order valence-electron chi connectivity index (χ1n) is 7.70. The fraction of sp³-hybridized carbons (Fsp3) is 0.667. The molecule has 0 bridgehead atoms. The Morgan fingerprint density at radius 1 is 1.52 bits per heavy atom. The molecule has 0 fully saturated rings. The van der Waals surface area contributed by atoms with E-state index in [-0.39, 0.29) is 6.04 Å². The molecule has 0 spiro atoms. The van der Waals surface area contributed by atoms with Crippen molar-refractivity contribution in [2.24, 2.45) is 5.92 Å². The summed E-state index contributed by atoms with van der Waals surface area (Å²) < 4.78 is 7.63. The maximum absolute atomic E-state index is 5.35. The fourth-order valence-corrected chi connectivity index (χ4v) is 2.92. The molecule has 0 N–H and O–H groups in total. The zero-order valence-electron chi connectivity index (χ0n) is 13.0. The Bertz CT molecular complexity index is 590. The van der Waals surface area contributed by atoms with Crippen molar-refractivity contribution in [2.45, 2.75) is 45.7 Å². The van der Waals surface area contributed by atoms with Crippen LogP contribution in [0.3, 0.4) is 0 Å². The highest BCUT2D eigenvalue weighted by Gasteiger charge is 2.24. The topological polar surface area (TPSA) is 60.0 Å². The standard InChI is InChI=1S/C15H23N5O/c1-4-13-17-15(21-18-13)11(2)19(3)9-12-5-6-14-16-7-8-20(14)10-12/h7-8,11-12H,4-6,9-10H2,1-3H3. The SMILES string of the molecule is CCc1noc(C(C)N(C)CC2CCc3nccn3C2)n1. The molecule has 0 aliphatic carbocycles. The lowest BCUT2D eigenvalue weighted by Crippen LogP contribution is -2.33. The van der Waals surface area contributed by atoms with Crippen molar-refractivity contribution in [3.05, 3.63) is 29.9 Å². The van der Waals surface area contributed by atoms with Crippen LogP contribution in [0.2, 0.25) is 0 Å². The zero-order chi connectivity index (χ0) is 14.8. The van der Waals surface area contributed by atoms with Gasteiger partial charge in [-0.3, -0.25) is 4.90 Å². The number of hydrogen-bond donors (Lipinski definition) is 0. The van der Waals surface area contributed by atoms with E-state index in [1.807, 2.05) is 13.1 Å². The van der Waals surface area contributed by atoms with Crippen LogP contribution in [0.25, 0.3) is 0 Å². The monoisotopic (exact) mass is 289 g/mol. The van der Waals surface area contributed by atoms with Crippen LogP contribution in [0, 0.1) is 5.92 Å². The molecule has 2 aromatic rings. The molecule has 114 valence electrons. The highest BCUT2D eigenvalue weighted by molar-refractivity contribution is 4.97. The van der Waals surface area contributed by atoms with E-state index < -0.39 is 0 Å². The number of imidazole rings is 1. The van der Waals surface area contributed by atoms with Crippen molar-refractivity contribution in [1.82, 2.24) is 24.6 Å². The van der Waals surface area contributed by atoms with E-state index in [4.69, 9.17) is 4.52 Å². The lowest BCUT2D eigenvalue weighted by molar-refractivity contribution is 0.165. The molecule has 0 saturated carbocycles. The first-order valence-corrected chi connectivity index (χ1v) is 7.70. The van der Waals surface area contributed by atoms with Gasteiger partial charge in [-0.2, -0.15) is 4.98 Å². The van der Waals surface area contributed by atoms with Gasteiger partial charge in [-0.25, -0.2) is 4.98 Å². The lowest BCUT2D eigenvalue weighted by atomic mass is 9.98. The molecule has 1 aliphatic rings. The third kappa shape index (κ3) is 3.00. The normalized spacial score (nSPS) is 19.7. The maximum atomic E-state index is 5.35. The Hall–Kier alpha value is -1.69. The van der Waals surface area contributed by atoms with E-state index in [1.54, 1.807) is 0 Å². The van der Waals surface area contributed by atoms with E-state index in [0.717, 1.165) is 31.8 Å². The summed E-state index contributed by atoms with van der Waals surface area (Å²) in [5, 5.41) is 3.98. The first kappa shape index (κ1) is 14.3. The van der Waals surface area contributed by atoms with Gasteiger partial charge in [-0.15, -0.1) is 0 Å². The van der Waals surface area contributed by atoms with Gasteiger partial charge in [-0.05, 0) is 26.3 Å². The van der Waals surface area contributed by atoms with E-state index in [9.17, 15) is 0 Å². The highest BCUT2D eigenvalue weighted by Crippen LogP contribution is 2.23. The Morgan fingerprint density at radius 2 is 2.38 bits per heavy atom. The van der Waals surface area contributed by atoms with Gasteiger partial charge in [0.15, 0.2) is 5.82 Å². The van der Waals surface area contributed by atoms with Crippen molar-refractivity contribution >= 4 is 0 Å². The molecule has 21 heavy (non-hydrogen) atoms. The number of nitrogens with zero attached hydrogens (tertiary/aromatic N) is 5. The smallest absolute Gasteiger partial charge is 0.243 e. The van der Waals surface area contributed by atoms with Crippen LogP contribution in [0.15, 0.2) is 16.9 Å².